The molecule has 3 heteroatoms. The van der Waals surface area contributed by atoms with Crippen LogP contribution in [0.3, 0.4) is 0 Å². The first-order chi connectivity index (χ1) is 9.70. The van der Waals surface area contributed by atoms with Crippen molar-refractivity contribution in [1.82, 2.24) is 0 Å². The Morgan fingerprint density at radius 2 is 2.05 bits per heavy atom. The van der Waals surface area contributed by atoms with Crippen LogP contribution in [-0.2, 0) is 6.54 Å². The fourth-order valence-corrected chi connectivity index (χ4v) is 1.81. The van der Waals surface area contributed by atoms with Gasteiger partial charge in [-0.1, -0.05) is 30.2 Å². The van der Waals surface area contributed by atoms with Gasteiger partial charge in [0.2, 0.25) is 0 Å². The van der Waals surface area contributed by atoms with Crippen LogP contribution >= 0.6 is 0 Å². The van der Waals surface area contributed by atoms with Crippen LogP contribution in [0.15, 0.2) is 42.5 Å². The van der Waals surface area contributed by atoms with Crippen molar-refractivity contribution in [1.29, 1.82) is 0 Å². The molecule has 0 unspecified atom stereocenters. The summed E-state index contributed by atoms with van der Waals surface area (Å²) >= 11 is 0. The van der Waals surface area contributed by atoms with Crippen LogP contribution < -0.4 is 10.1 Å². The number of nitrogens with one attached hydrogen (secondary N) is 1. The highest BCUT2D eigenvalue weighted by atomic mass is 19.1. The fraction of sp³-hybridized carbons (Fsp3) is 0.176. The third-order valence-corrected chi connectivity index (χ3v) is 2.94. The van der Waals surface area contributed by atoms with Crippen molar-refractivity contribution in [3.63, 3.8) is 0 Å². The maximum Gasteiger partial charge on any atom is 0.148 e. The number of terminal acetylenes is 1. The summed E-state index contributed by atoms with van der Waals surface area (Å²) in [7, 11) is 0. The molecule has 20 heavy (non-hydrogen) atoms. The SMILES string of the molecule is C#CCOc1ccccc1CNc1ccc(C)c(F)c1. The van der Waals surface area contributed by atoms with Crippen LogP contribution in [-0.4, -0.2) is 6.61 Å². The van der Waals surface area contributed by atoms with Crippen LogP contribution in [0.1, 0.15) is 11.1 Å². The first-order valence-corrected chi connectivity index (χ1v) is 6.35. The zero-order valence-corrected chi connectivity index (χ0v) is 11.3. The van der Waals surface area contributed by atoms with E-state index in [4.69, 9.17) is 11.2 Å². The minimum Gasteiger partial charge on any atom is -0.481 e. The molecule has 0 aliphatic carbocycles. The van der Waals surface area contributed by atoms with E-state index in [1.807, 2.05) is 30.3 Å². The molecule has 0 bridgehead atoms. The second kappa shape index (κ2) is 6.63. The van der Waals surface area contributed by atoms with Gasteiger partial charge in [0, 0.05) is 17.8 Å². The van der Waals surface area contributed by atoms with Gasteiger partial charge < -0.3 is 10.1 Å². The molecule has 0 fully saturated rings. The minimum atomic E-state index is -0.216. The molecule has 2 aromatic rings. The number of anilines is 1. The Hall–Kier alpha value is -2.47. The minimum absolute atomic E-state index is 0.216. The highest BCUT2D eigenvalue weighted by Crippen LogP contribution is 2.20. The molecule has 0 saturated carbocycles. The summed E-state index contributed by atoms with van der Waals surface area (Å²) in [4.78, 5) is 0. The largest absolute Gasteiger partial charge is 0.481 e. The Bertz CT molecular complexity index is 631. The number of hydrogen-bond acceptors (Lipinski definition) is 2. The quantitative estimate of drug-likeness (QED) is 0.834. The number of para-hydroxylation sites is 1. The predicted octanol–water partition coefficient (Wildman–Crippen LogP) is 3.76. The zero-order chi connectivity index (χ0) is 14.4. The second-order valence-corrected chi connectivity index (χ2v) is 4.42. The van der Waals surface area contributed by atoms with Gasteiger partial charge in [0.1, 0.15) is 18.2 Å². The van der Waals surface area contributed by atoms with Crippen molar-refractivity contribution < 1.29 is 9.13 Å². The van der Waals surface area contributed by atoms with Gasteiger partial charge >= 0.3 is 0 Å². The molecule has 0 aromatic heterocycles. The van der Waals surface area contributed by atoms with Gasteiger partial charge in [-0.25, -0.2) is 4.39 Å². The van der Waals surface area contributed by atoms with Crippen molar-refractivity contribution in [3.05, 3.63) is 59.4 Å². The van der Waals surface area contributed by atoms with Gasteiger partial charge in [-0.3, -0.25) is 0 Å². The van der Waals surface area contributed by atoms with E-state index < -0.39 is 0 Å². The Morgan fingerprint density at radius 1 is 1.25 bits per heavy atom. The number of ether oxygens (including phenoxy) is 1. The lowest BCUT2D eigenvalue weighted by Crippen LogP contribution is -2.04. The Morgan fingerprint density at radius 3 is 2.80 bits per heavy atom. The van der Waals surface area contributed by atoms with Crippen molar-refractivity contribution in [3.8, 4) is 18.1 Å². The summed E-state index contributed by atoms with van der Waals surface area (Å²) in [5.74, 6) is 2.96. The van der Waals surface area contributed by atoms with Crippen molar-refractivity contribution >= 4 is 5.69 Å². The van der Waals surface area contributed by atoms with E-state index in [-0.39, 0.29) is 12.4 Å². The molecule has 0 amide bonds. The lowest BCUT2D eigenvalue weighted by atomic mass is 10.2. The first kappa shape index (κ1) is 14.0. The third-order valence-electron chi connectivity index (χ3n) is 2.94. The van der Waals surface area contributed by atoms with Gasteiger partial charge in [0.25, 0.3) is 0 Å². The molecule has 2 aromatic carbocycles. The maximum absolute atomic E-state index is 13.5. The summed E-state index contributed by atoms with van der Waals surface area (Å²) < 4.78 is 18.9. The molecule has 0 aliphatic heterocycles. The molecule has 0 spiro atoms. The topological polar surface area (TPSA) is 21.3 Å². The average molecular weight is 269 g/mol. The molecular weight excluding hydrogens is 253 g/mol. The van der Waals surface area contributed by atoms with Gasteiger partial charge in [-0.15, -0.1) is 6.42 Å². The Labute approximate surface area is 118 Å². The standard InChI is InChI=1S/C17H16FNO/c1-3-10-20-17-7-5-4-6-14(17)12-19-15-9-8-13(2)16(18)11-15/h1,4-9,11,19H,10,12H2,2H3. The summed E-state index contributed by atoms with van der Waals surface area (Å²) in [5.41, 5.74) is 2.34. The van der Waals surface area contributed by atoms with Gasteiger partial charge in [0.15, 0.2) is 0 Å². The summed E-state index contributed by atoms with van der Waals surface area (Å²) in [6, 6.07) is 12.7. The first-order valence-electron chi connectivity index (χ1n) is 6.35. The Kier molecular flexibility index (Phi) is 4.62. The summed E-state index contributed by atoms with van der Waals surface area (Å²) in [6.07, 6.45) is 5.19. The third kappa shape index (κ3) is 3.52. The lowest BCUT2D eigenvalue weighted by Gasteiger charge is -2.11. The van der Waals surface area contributed by atoms with Gasteiger partial charge in [-0.05, 0) is 30.7 Å². The zero-order valence-electron chi connectivity index (χ0n) is 11.3. The molecule has 0 atom stereocenters. The number of rotatable bonds is 5. The van der Waals surface area contributed by atoms with E-state index in [0.717, 1.165) is 17.0 Å². The smallest absolute Gasteiger partial charge is 0.148 e. The van der Waals surface area contributed by atoms with Crippen LogP contribution in [0.25, 0.3) is 0 Å². The van der Waals surface area contributed by atoms with E-state index in [1.54, 1.807) is 13.0 Å². The fourth-order valence-electron chi connectivity index (χ4n) is 1.81. The molecule has 0 radical (unpaired) electrons. The van der Waals surface area contributed by atoms with E-state index in [0.29, 0.717) is 12.1 Å². The molecule has 0 saturated heterocycles. The molecule has 102 valence electrons. The second-order valence-electron chi connectivity index (χ2n) is 4.42. The van der Waals surface area contributed by atoms with E-state index in [1.165, 1.54) is 6.07 Å². The van der Waals surface area contributed by atoms with Crippen LogP contribution in [0.5, 0.6) is 5.75 Å². The molecule has 2 nitrogen and oxygen atoms in total. The molecule has 0 heterocycles. The van der Waals surface area contributed by atoms with Crippen molar-refractivity contribution in [2.75, 3.05) is 11.9 Å². The highest BCUT2D eigenvalue weighted by Gasteiger charge is 2.03. The average Bonchev–Trinajstić information content (AvgIpc) is 2.47. The van der Waals surface area contributed by atoms with Gasteiger partial charge in [0.05, 0.1) is 0 Å². The maximum atomic E-state index is 13.5. The predicted molar refractivity (Wildman–Crippen MR) is 79.2 cm³/mol. The number of aryl methyl sites for hydroxylation is 1. The number of benzene rings is 2. The summed E-state index contributed by atoms with van der Waals surface area (Å²) in [6.45, 7) is 2.52. The Balaban J connectivity index is 2.06. The van der Waals surface area contributed by atoms with Crippen LogP contribution in [0, 0.1) is 25.1 Å². The molecular formula is C17H16FNO. The highest BCUT2D eigenvalue weighted by molar-refractivity contribution is 5.47. The normalized spacial score (nSPS) is 9.85. The number of hydrogen-bond donors (Lipinski definition) is 1. The monoisotopic (exact) mass is 269 g/mol. The van der Waals surface area contributed by atoms with Crippen LogP contribution in [0.2, 0.25) is 0 Å². The number of halogens is 1. The molecule has 0 aliphatic rings. The van der Waals surface area contributed by atoms with Crippen molar-refractivity contribution in [2.45, 2.75) is 13.5 Å². The van der Waals surface area contributed by atoms with E-state index >= 15 is 0 Å². The van der Waals surface area contributed by atoms with E-state index in [9.17, 15) is 4.39 Å². The van der Waals surface area contributed by atoms with E-state index in [2.05, 4.69) is 11.2 Å². The van der Waals surface area contributed by atoms with Gasteiger partial charge in [-0.2, -0.15) is 0 Å². The van der Waals surface area contributed by atoms with Crippen molar-refractivity contribution in [2.24, 2.45) is 0 Å². The van der Waals surface area contributed by atoms with Crippen LogP contribution in [0.4, 0.5) is 10.1 Å². The molecule has 2 rings (SSSR count). The molecule has 1 N–H and O–H groups in total. The summed E-state index contributed by atoms with van der Waals surface area (Å²) in [5, 5.41) is 3.17. The lowest BCUT2D eigenvalue weighted by molar-refractivity contribution is 0.366.